The fraction of sp³-hybridized carbons (Fsp3) is 0.455. The van der Waals surface area contributed by atoms with Crippen molar-refractivity contribution in [1.29, 1.82) is 0 Å². The van der Waals surface area contributed by atoms with Gasteiger partial charge in [-0.15, -0.1) is 24.0 Å². The fourth-order valence-electron chi connectivity index (χ4n) is 3.35. The summed E-state index contributed by atoms with van der Waals surface area (Å²) in [5.41, 5.74) is 3.43. The highest BCUT2D eigenvalue weighted by Crippen LogP contribution is 2.19. The zero-order chi connectivity index (χ0) is 20.6. The molecule has 2 N–H and O–H groups in total. The molecule has 3 rings (SSSR count). The summed E-state index contributed by atoms with van der Waals surface area (Å²) in [6.07, 6.45) is 2.09. The standard InChI is InChI=1S/C22H31N5O2.HI/c1-16-5-6-19(20(11-16)28-4)14-26-22(23-3)25-13-18-7-8-24-21(12-18)27-9-10-29-17(2)15-27;/h5-8,11-12,17H,9-10,13-15H2,1-4H3,(H2,23,25,26);1H. The molecule has 2 aromatic rings. The molecule has 30 heavy (non-hydrogen) atoms. The van der Waals surface area contributed by atoms with Crippen molar-refractivity contribution in [2.45, 2.75) is 33.0 Å². The number of anilines is 1. The Morgan fingerprint density at radius 2 is 2.07 bits per heavy atom. The molecule has 1 aromatic carbocycles. The highest BCUT2D eigenvalue weighted by Gasteiger charge is 2.18. The highest BCUT2D eigenvalue weighted by molar-refractivity contribution is 14.0. The predicted molar refractivity (Wildman–Crippen MR) is 132 cm³/mol. The summed E-state index contributed by atoms with van der Waals surface area (Å²) >= 11 is 0. The third-order valence-electron chi connectivity index (χ3n) is 4.95. The van der Waals surface area contributed by atoms with Crippen LogP contribution in [0.25, 0.3) is 0 Å². The Labute approximate surface area is 196 Å². The Bertz CT molecular complexity index is 846. The number of nitrogens with zero attached hydrogens (tertiary/aromatic N) is 3. The first-order chi connectivity index (χ1) is 14.1. The van der Waals surface area contributed by atoms with E-state index in [-0.39, 0.29) is 30.1 Å². The molecule has 1 saturated heterocycles. The normalized spacial score (nSPS) is 16.6. The van der Waals surface area contributed by atoms with Crippen molar-refractivity contribution in [2.24, 2.45) is 4.99 Å². The molecular formula is C22H32IN5O2. The SMILES string of the molecule is CN=C(NCc1ccnc(N2CCOC(C)C2)c1)NCc1ccc(C)cc1OC.I. The Kier molecular flexibility index (Phi) is 9.64. The number of guanidine groups is 1. The van der Waals surface area contributed by atoms with E-state index in [4.69, 9.17) is 9.47 Å². The first kappa shape index (κ1) is 24.2. The third-order valence-corrected chi connectivity index (χ3v) is 4.95. The quantitative estimate of drug-likeness (QED) is 0.343. The van der Waals surface area contributed by atoms with Gasteiger partial charge in [-0.1, -0.05) is 12.1 Å². The monoisotopic (exact) mass is 525 g/mol. The van der Waals surface area contributed by atoms with Crippen molar-refractivity contribution in [2.75, 3.05) is 38.8 Å². The fourth-order valence-corrected chi connectivity index (χ4v) is 3.35. The first-order valence-corrected chi connectivity index (χ1v) is 9.98. The van der Waals surface area contributed by atoms with Gasteiger partial charge in [-0.2, -0.15) is 0 Å². The summed E-state index contributed by atoms with van der Waals surface area (Å²) in [4.78, 5) is 11.1. The average molecular weight is 525 g/mol. The van der Waals surface area contributed by atoms with Crippen LogP contribution in [0.1, 0.15) is 23.6 Å². The summed E-state index contributed by atoms with van der Waals surface area (Å²) < 4.78 is 11.1. The van der Waals surface area contributed by atoms with E-state index in [9.17, 15) is 0 Å². The minimum atomic E-state index is 0. The van der Waals surface area contributed by atoms with Crippen LogP contribution in [0.4, 0.5) is 5.82 Å². The van der Waals surface area contributed by atoms with Crippen molar-refractivity contribution in [3.05, 3.63) is 53.2 Å². The molecule has 164 valence electrons. The summed E-state index contributed by atoms with van der Waals surface area (Å²) in [6, 6.07) is 10.4. The lowest BCUT2D eigenvalue weighted by atomic mass is 10.1. The van der Waals surface area contributed by atoms with Gasteiger partial charge in [-0.3, -0.25) is 4.99 Å². The minimum Gasteiger partial charge on any atom is -0.496 e. The van der Waals surface area contributed by atoms with Gasteiger partial charge in [0.1, 0.15) is 11.6 Å². The summed E-state index contributed by atoms with van der Waals surface area (Å²) in [5.74, 6) is 2.62. The molecule has 0 amide bonds. The van der Waals surface area contributed by atoms with E-state index in [1.165, 1.54) is 5.56 Å². The third kappa shape index (κ3) is 6.73. The molecular weight excluding hydrogens is 493 g/mol. The molecule has 1 aliphatic rings. The molecule has 0 saturated carbocycles. The Morgan fingerprint density at radius 3 is 2.80 bits per heavy atom. The number of nitrogens with one attached hydrogen (secondary N) is 2. The number of methoxy groups -OCH3 is 1. The molecule has 1 fully saturated rings. The van der Waals surface area contributed by atoms with Crippen LogP contribution in [0.3, 0.4) is 0 Å². The number of pyridine rings is 1. The van der Waals surface area contributed by atoms with Crippen molar-refractivity contribution >= 4 is 35.8 Å². The minimum absolute atomic E-state index is 0. The van der Waals surface area contributed by atoms with Crippen LogP contribution >= 0.6 is 24.0 Å². The van der Waals surface area contributed by atoms with Gasteiger partial charge in [0.05, 0.1) is 19.8 Å². The van der Waals surface area contributed by atoms with Crippen LogP contribution in [0.5, 0.6) is 5.75 Å². The van der Waals surface area contributed by atoms with E-state index in [0.717, 1.165) is 48.4 Å². The smallest absolute Gasteiger partial charge is 0.191 e. The molecule has 0 spiro atoms. The van der Waals surface area contributed by atoms with Crippen LogP contribution in [-0.4, -0.2) is 50.9 Å². The molecule has 8 heteroatoms. The number of hydrogen-bond donors (Lipinski definition) is 2. The van der Waals surface area contributed by atoms with Gasteiger partial charge in [0, 0.05) is 45.0 Å². The van der Waals surface area contributed by atoms with E-state index in [1.807, 2.05) is 18.3 Å². The number of morpholine rings is 1. The van der Waals surface area contributed by atoms with Gasteiger partial charge in [-0.05, 0) is 43.2 Å². The van der Waals surface area contributed by atoms with Gasteiger partial charge in [0.15, 0.2) is 5.96 Å². The lowest BCUT2D eigenvalue weighted by Gasteiger charge is -2.32. The van der Waals surface area contributed by atoms with Crippen molar-refractivity contribution in [3.8, 4) is 5.75 Å². The number of hydrogen-bond acceptors (Lipinski definition) is 5. The molecule has 0 aliphatic carbocycles. The Balaban J connectivity index is 0.00000320. The Morgan fingerprint density at radius 1 is 1.27 bits per heavy atom. The first-order valence-electron chi connectivity index (χ1n) is 9.98. The lowest BCUT2D eigenvalue weighted by Crippen LogP contribution is -2.41. The van der Waals surface area contributed by atoms with Crippen LogP contribution in [0.15, 0.2) is 41.5 Å². The van der Waals surface area contributed by atoms with Crippen LogP contribution < -0.4 is 20.3 Å². The molecule has 7 nitrogen and oxygen atoms in total. The van der Waals surface area contributed by atoms with Gasteiger partial charge in [-0.25, -0.2) is 4.98 Å². The highest BCUT2D eigenvalue weighted by atomic mass is 127. The van der Waals surface area contributed by atoms with Crippen LogP contribution in [-0.2, 0) is 17.8 Å². The zero-order valence-corrected chi connectivity index (χ0v) is 20.5. The largest absolute Gasteiger partial charge is 0.496 e. The van der Waals surface area contributed by atoms with E-state index in [1.54, 1.807) is 14.2 Å². The lowest BCUT2D eigenvalue weighted by molar-refractivity contribution is 0.0529. The van der Waals surface area contributed by atoms with Crippen molar-refractivity contribution < 1.29 is 9.47 Å². The predicted octanol–water partition coefficient (Wildman–Crippen LogP) is 3.11. The summed E-state index contributed by atoms with van der Waals surface area (Å²) in [7, 11) is 3.47. The topological polar surface area (TPSA) is 71.0 Å². The number of aromatic nitrogens is 1. The second kappa shape index (κ2) is 11.9. The molecule has 0 radical (unpaired) electrons. The zero-order valence-electron chi connectivity index (χ0n) is 18.1. The number of aryl methyl sites for hydroxylation is 1. The van der Waals surface area contributed by atoms with Gasteiger partial charge >= 0.3 is 0 Å². The summed E-state index contributed by atoms with van der Waals surface area (Å²) in [5, 5.41) is 6.72. The summed E-state index contributed by atoms with van der Waals surface area (Å²) in [6.45, 7) is 7.93. The second-order valence-electron chi connectivity index (χ2n) is 7.24. The molecule has 2 heterocycles. The van der Waals surface area contributed by atoms with E-state index in [0.29, 0.717) is 13.1 Å². The maximum absolute atomic E-state index is 5.62. The van der Waals surface area contributed by atoms with E-state index < -0.39 is 0 Å². The van der Waals surface area contributed by atoms with Crippen molar-refractivity contribution in [1.82, 2.24) is 15.6 Å². The number of halogens is 1. The number of rotatable bonds is 6. The number of aliphatic imine (C=N–C) groups is 1. The van der Waals surface area contributed by atoms with Crippen molar-refractivity contribution in [3.63, 3.8) is 0 Å². The van der Waals surface area contributed by atoms with Gasteiger partial charge in [0.25, 0.3) is 0 Å². The van der Waals surface area contributed by atoms with Crippen LogP contribution in [0, 0.1) is 6.92 Å². The second-order valence-corrected chi connectivity index (χ2v) is 7.24. The molecule has 1 aliphatic heterocycles. The molecule has 1 atom stereocenters. The molecule has 1 unspecified atom stereocenters. The molecule has 1 aromatic heterocycles. The Hall–Kier alpha value is -2.07. The number of benzene rings is 1. The van der Waals surface area contributed by atoms with E-state index in [2.05, 4.69) is 57.6 Å². The van der Waals surface area contributed by atoms with Crippen LogP contribution in [0.2, 0.25) is 0 Å². The van der Waals surface area contributed by atoms with Gasteiger partial charge < -0.3 is 25.0 Å². The average Bonchev–Trinajstić information content (AvgIpc) is 2.74. The maximum atomic E-state index is 5.62. The van der Waals surface area contributed by atoms with E-state index >= 15 is 0 Å². The number of ether oxygens (including phenoxy) is 2. The van der Waals surface area contributed by atoms with Gasteiger partial charge in [0.2, 0.25) is 0 Å². The molecule has 0 bridgehead atoms. The maximum Gasteiger partial charge on any atom is 0.191 e.